The minimum absolute atomic E-state index is 0.266. The third kappa shape index (κ3) is 3.66. The highest BCUT2D eigenvalue weighted by Gasteiger charge is 2.16. The number of hydrogen-bond donors (Lipinski definition) is 1. The Balaban J connectivity index is 2.81. The SMILES string of the molecule is CC(C)C(CN)CN(C)c1cc(F)ccc1F. The topological polar surface area (TPSA) is 29.3 Å². The number of halogens is 2. The van der Waals surface area contributed by atoms with Crippen molar-refractivity contribution < 1.29 is 8.78 Å². The summed E-state index contributed by atoms with van der Waals surface area (Å²) in [6, 6.07) is 3.48. The van der Waals surface area contributed by atoms with Gasteiger partial charge >= 0.3 is 0 Å². The Kier molecular flexibility index (Phi) is 4.87. The highest BCUT2D eigenvalue weighted by molar-refractivity contribution is 5.47. The summed E-state index contributed by atoms with van der Waals surface area (Å²) in [5, 5.41) is 0. The molecule has 1 atom stereocenters. The molecule has 17 heavy (non-hydrogen) atoms. The van der Waals surface area contributed by atoms with Crippen LogP contribution >= 0.6 is 0 Å². The average Bonchev–Trinajstić information content (AvgIpc) is 2.28. The molecule has 0 radical (unpaired) electrons. The quantitative estimate of drug-likeness (QED) is 0.860. The smallest absolute Gasteiger partial charge is 0.146 e. The summed E-state index contributed by atoms with van der Waals surface area (Å²) in [6.07, 6.45) is 0. The first-order valence-corrected chi connectivity index (χ1v) is 5.82. The van der Waals surface area contributed by atoms with E-state index in [1.807, 2.05) is 0 Å². The number of anilines is 1. The van der Waals surface area contributed by atoms with Crippen LogP contribution in [-0.2, 0) is 0 Å². The fourth-order valence-electron chi connectivity index (χ4n) is 1.79. The van der Waals surface area contributed by atoms with Crippen LogP contribution in [0.15, 0.2) is 18.2 Å². The molecule has 1 aromatic carbocycles. The van der Waals surface area contributed by atoms with Crippen LogP contribution in [0.5, 0.6) is 0 Å². The predicted molar refractivity (Wildman–Crippen MR) is 67.0 cm³/mol. The largest absolute Gasteiger partial charge is 0.372 e. The molecule has 4 heteroatoms. The first kappa shape index (κ1) is 13.9. The van der Waals surface area contributed by atoms with Crippen LogP contribution in [0, 0.1) is 23.5 Å². The van der Waals surface area contributed by atoms with Gasteiger partial charge in [-0.3, -0.25) is 0 Å². The number of nitrogens with two attached hydrogens (primary N) is 1. The normalized spacial score (nSPS) is 12.9. The molecule has 0 aromatic heterocycles. The summed E-state index contributed by atoms with van der Waals surface area (Å²) in [5.74, 6) is -0.155. The lowest BCUT2D eigenvalue weighted by Gasteiger charge is -2.27. The highest BCUT2D eigenvalue weighted by atomic mass is 19.1. The Bertz CT molecular complexity index is 366. The highest BCUT2D eigenvalue weighted by Crippen LogP contribution is 2.21. The Labute approximate surface area is 101 Å². The van der Waals surface area contributed by atoms with Crippen molar-refractivity contribution in [3.63, 3.8) is 0 Å². The van der Waals surface area contributed by atoms with Crippen molar-refractivity contribution in [1.82, 2.24) is 0 Å². The fraction of sp³-hybridized carbons (Fsp3) is 0.538. The summed E-state index contributed by atoms with van der Waals surface area (Å²) in [5.41, 5.74) is 5.96. The van der Waals surface area contributed by atoms with E-state index in [9.17, 15) is 8.78 Å². The van der Waals surface area contributed by atoms with Crippen LogP contribution in [0.3, 0.4) is 0 Å². The molecule has 0 saturated heterocycles. The van der Waals surface area contributed by atoms with E-state index in [-0.39, 0.29) is 11.6 Å². The van der Waals surface area contributed by atoms with Crippen LogP contribution in [-0.4, -0.2) is 20.1 Å². The van der Waals surface area contributed by atoms with Crippen LogP contribution in [0.2, 0.25) is 0 Å². The molecular formula is C13H20F2N2. The molecule has 0 saturated carbocycles. The molecule has 1 aromatic rings. The van der Waals surface area contributed by atoms with Gasteiger partial charge in [0.1, 0.15) is 11.6 Å². The van der Waals surface area contributed by atoms with E-state index in [1.165, 1.54) is 6.07 Å². The summed E-state index contributed by atoms with van der Waals surface area (Å²) < 4.78 is 26.6. The molecule has 2 nitrogen and oxygen atoms in total. The second-order valence-corrected chi connectivity index (χ2v) is 4.72. The zero-order valence-corrected chi connectivity index (χ0v) is 10.6. The second-order valence-electron chi connectivity index (χ2n) is 4.72. The standard InChI is InChI=1S/C13H20F2N2/c1-9(2)10(7-16)8-17(3)13-6-11(14)4-5-12(13)15/h4-6,9-10H,7-8,16H2,1-3H3. The molecule has 2 N–H and O–H groups in total. The zero-order chi connectivity index (χ0) is 13.0. The van der Waals surface area contributed by atoms with E-state index in [2.05, 4.69) is 13.8 Å². The summed E-state index contributed by atoms with van der Waals surface area (Å²) >= 11 is 0. The van der Waals surface area contributed by atoms with Crippen molar-refractivity contribution in [2.24, 2.45) is 17.6 Å². The maximum atomic E-state index is 13.5. The lowest BCUT2D eigenvalue weighted by atomic mass is 9.95. The summed E-state index contributed by atoms with van der Waals surface area (Å²) in [4.78, 5) is 1.72. The van der Waals surface area contributed by atoms with Crippen molar-refractivity contribution in [3.05, 3.63) is 29.8 Å². The van der Waals surface area contributed by atoms with Gasteiger partial charge in [-0.05, 0) is 30.5 Å². The molecule has 0 aliphatic rings. The summed E-state index contributed by atoms with van der Waals surface area (Å²) in [6.45, 7) is 5.31. The maximum Gasteiger partial charge on any atom is 0.146 e. The molecule has 0 spiro atoms. The van der Waals surface area contributed by atoms with Gasteiger partial charge in [-0.15, -0.1) is 0 Å². The van der Waals surface area contributed by atoms with Gasteiger partial charge in [0.15, 0.2) is 0 Å². The lowest BCUT2D eigenvalue weighted by molar-refractivity contribution is 0.396. The average molecular weight is 242 g/mol. The second kappa shape index (κ2) is 5.96. The predicted octanol–water partition coefficient (Wildman–Crippen LogP) is 2.63. The van der Waals surface area contributed by atoms with E-state index in [1.54, 1.807) is 11.9 Å². The number of nitrogens with zero attached hydrogens (tertiary/aromatic N) is 1. The molecule has 1 rings (SSSR count). The maximum absolute atomic E-state index is 13.5. The third-order valence-corrected chi connectivity index (χ3v) is 3.07. The fourth-order valence-corrected chi connectivity index (χ4v) is 1.79. The van der Waals surface area contributed by atoms with Gasteiger partial charge in [-0.25, -0.2) is 8.78 Å². The van der Waals surface area contributed by atoms with Crippen LogP contribution in [0.1, 0.15) is 13.8 Å². The first-order chi connectivity index (χ1) is 7.95. The van der Waals surface area contributed by atoms with Crippen molar-refractivity contribution >= 4 is 5.69 Å². The molecule has 96 valence electrons. The van der Waals surface area contributed by atoms with Gasteiger partial charge < -0.3 is 10.6 Å². The van der Waals surface area contributed by atoms with E-state index in [0.29, 0.717) is 19.0 Å². The van der Waals surface area contributed by atoms with Gasteiger partial charge in [0, 0.05) is 19.7 Å². The van der Waals surface area contributed by atoms with Gasteiger partial charge in [0.25, 0.3) is 0 Å². The summed E-state index contributed by atoms with van der Waals surface area (Å²) in [7, 11) is 1.75. The van der Waals surface area contributed by atoms with Crippen LogP contribution < -0.4 is 10.6 Å². The van der Waals surface area contributed by atoms with E-state index >= 15 is 0 Å². The molecule has 0 heterocycles. The number of hydrogen-bond acceptors (Lipinski definition) is 2. The van der Waals surface area contributed by atoms with Gasteiger partial charge in [-0.1, -0.05) is 13.8 Å². The Morgan fingerprint density at radius 1 is 1.29 bits per heavy atom. The Morgan fingerprint density at radius 3 is 2.47 bits per heavy atom. The zero-order valence-electron chi connectivity index (χ0n) is 10.6. The molecule has 1 unspecified atom stereocenters. The van der Waals surface area contributed by atoms with E-state index < -0.39 is 11.6 Å². The molecule has 0 aliphatic carbocycles. The molecule has 0 amide bonds. The molecule has 0 bridgehead atoms. The van der Waals surface area contributed by atoms with Crippen molar-refractivity contribution in [3.8, 4) is 0 Å². The van der Waals surface area contributed by atoms with Gasteiger partial charge in [-0.2, -0.15) is 0 Å². The third-order valence-electron chi connectivity index (χ3n) is 3.07. The van der Waals surface area contributed by atoms with Gasteiger partial charge in [0.2, 0.25) is 0 Å². The van der Waals surface area contributed by atoms with E-state index in [4.69, 9.17) is 5.73 Å². The first-order valence-electron chi connectivity index (χ1n) is 5.82. The van der Waals surface area contributed by atoms with Crippen LogP contribution in [0.25, 0.3) is 0 Å². The monoisotopic (exact) mass is 242 g/mol. The molecular weight excluding hydrogens is 222 g/mol. The minimum Gasteiger partial charge on any atom is -0.372 e. The Hall–Kier alpha value is -1.16. The van der Waals surface area contributed by atoms with Crippen molar-refractivity contribution in [2.45, 2.75) is 13.8 Å². The Morgan fingerprint density at radius 2 is 1.94 bits per heavy atom. The lowest BCUT2D eigenvalue weighted by Crippen LogP contribution is -2.33. The number of rotatable bonds is 5. The van der Waals surface area contributed by atoms with Crippen molar-refractivity contribution in [2.75, 3.05) is 25.0 Å². The number of benzene rings is 1. The van der Waals surface area contributed by atoms with Gasteiger partial charge in [0.05, 0.1) is 5.69 Å². The molecule has 0 aliphatic heterocycles. The minimum atomic E-state index is -0.429. The molecule has 0 fully saturated rings. The van der Waals surface area contributed by atoms with Crippen molar-refractivity contribution in [1.29, 1.82) is 0 Å². The van der Waals surface area contributed by atoms with E-state index in [0.717, 1.165) is 12.1 Å². The van der Waals surface area contributed by atoms with Crippen LogP contribution in [0.4, 0.5) is 14.5 Å².